The number of carbonyl (C=O) groups excluding carboxylic acids is 17. The number of thioether (sulfide) groups is 1. The molecule has 6 aromatic rings. The number of aromatic amines is 3. The van der Waals surface area contributed by atoms with Gasteiger partial charge in [0, 0.05) is 125 Å². The number of fused-ring (bicyclic) bond motifs is 4. The van der Waals surface area contributed by atoms with E-state index in [1.54, 1.807) is 68.7 Å². The van der Waals surface area contributed by atoms with Crippen LogP contribution in [0.3, 0.4) is 0 Å². The number of aromatic nitrogens is 4. The lowest BCUT2D eigenvalue weighted by atomic mass is 9.99. The minimum atomic E-state index is -1.78. The fraction of sp³-hybridized carbons (Fsp3) is 0.538. The van der Waals surface area contributed by atoms with E-state index in [4.69, 9.17) is 28.3 Å². The summed E-state index contributed by atoms with van der Waals surface area (Å²) in [5.41, 5.74) is 26.1. The van der Waals surface area contributed by atoms with Gasteiger partial charge in [0.05, 0.1) is 31.1 Å². The van der Waals surface area contributed by atoms with Crippen molar-refractivity contribution in [3.8, 4) is 5.75 Å². The Balaban J connectivity index is 1.11. The molecule has 750 valence electrons. The topological polar surface area (TPSA) is 667 Å². The second kappa shape index (κ2) is 52.0. The van der Waals surface area contributed by atoms with Gasteiger partial charge in [0.1, 0.15) is 90.3 Å². The van der Waals surface area contributed by atoms with E-state index in [9.17, 15) is 48.6 Å². The van der Waals surface area contributed by atoms with Crippen molar-refractivity contribution < 1.29 is 91.7 Å². The van der Waals surface area contributed by atoms with E-state index in [1.165, 1.54) is 74.7 Å². The molecule has 25 N–H and O–H groups in total. The van der Waals surface area contributed by atoms with Crippen LogP contribution in [0.25, 0.3) is 21.8 Å². The Labute approximate surface area is 803 Å². The second-order valence-electron chi connectivity index (χ2n) is 35.7. The number of rotatable bonds is 28. The number of H-pyrrole nitrogens is 3. The molecule has 6 heterocycles. The molecule has 3 aliphatic rings. The number of primary amides is 2. The Morgan fingerprint density at radius 1 is 0.543 bits per heavy atom. The van der Waals surface area contributed by atoms with Crippen LogP contribution in [0.5, 0.6) is 5.75 Å². The molecule has 3 aliphatic heterocycles. The number of hydrogen-bond donors (Lipinski definition) is 21. The fourth-order valence-electron chi connectivity index (χ4n) is 17.2. The van der Waals surface area contributed by atoms with Gasteiger partial charge >= 0.3 is 0 Å². The Morgan fingerprint density at radius 3 is 1.67 bits per heavy atom. The van der Waals surface area contributed by atoms with E-state index in [0.29, 0.717) is 69.9 Å². The van der Waals surface area contributed by atoms with Crippen molar-refractivity contribution in [3.05, 3.63) is 120 Å². The van der Waals surface area contributed by atoms with Crippen molar-refractivity contribution in [1.82, 2.24) is 103 Å². The van der Waals surface area contributed by atoms with Gasteiger partial charge in [-0.05, 0) is 118 Å². The van der Waals surface area contributed by atoms with Crippen LogP contribution in [-0.2, 0) is 107 Å². The van der Waals surface area contributed by atoms with Crippen molar-refractivity contribution in [2.75, 3.05) is 65.4 Å². The number of unbranched alkanes of at least 4 members (excludes halogenated alkanes) is 2. The molecular weight excluding hydrogens is 1800 g/mol. The minimum Gasteiger partial charge on any atom is -0.508 e. The van der Waals surface area contributed by atoms with Gasteiger partial charge in [0.25, 0.3) is 0 Å². The first-order chi connectivity index (χ1) is 65.8. The van der Waals surface area contributed by atoms with Crippen molar-refractivity contribution in [1.29, 1.82) is 5.41 Å². The molecule has 3 aromatic heterocycles. The number of benzene rings is 3. The third-order valence-electron chi connectivity index (χ3n) is 24.8. The Bertz CT molecular complexity index is 5290. The molecular formula is C93H133N25O19S. The number of nitrogens with zero attached hydrogens (tertiary/aromatic N) is 6. The molecule has 0 aliphatic carbocycles. The lowest BCUT2D eigenvalue weighted by Crippen LogP contribution is -2.61. The molecule has 3 aromatic carbocycles. The maximum absolute atomic E-state index is 15.9. The van der Waals surface area contributed by atoms with Gasteiger partial charge in [-0.2, -0.15) is 0 Å². The average Bonchev–Trinajstić information content (AvgIpc) is 1.59. The van der Waals surface area contributed by atoms with Crippen LogP contribution in [0.1, 0.15) is 153 Å². The van der Waals surface area contributed by atoms with Crippen LogP contribution in [0.15, 0.2) is 97.7 Å². The highest BCUT2D eigenvalue weighted by Crippen LogP contribution is 2.28. The van der Waals surface area contributed by atoms with Crippen LogP contribution >= 0.6 is 11.8 Å². The quantitative estimate of drug-likeness (QED) is 0.0141. The molecule has 0 radical (unpaired) electrons. The zero-order valence-electron chi connectivity index (χ0n) is 79.1. The predicted octanol–water partition coefficient (Wildman–Crippen LogP) is -2.18. The van der Waals surface area contributed by atoms with Gasteiger partial charge in [0.15, 0.2) is 5.96 Å². The van der Waals surface area contributed by atoms with Gasteiger partial charge in [-0.1, -0.05) is 102 Å². The Hall–Kier alpha value is -13.7. The van der Waals surface area contributed by atoms with E-state index in [1.807, 2.05) is 19.9 Å². The maximum Gasteiger partial charge on any atom is 0.246 e. The molecule has 138 heavy (non-hydrogen) atoms. The van der Waals surface area contributed by atoms with E-state index >= 15 is 43.2 Å². The zero-order valence-corrected chi connectivity index (χ0v) is 79.9. The van der Waals surface area contributed by atoms with Crippen LogP contribution in [0.4, 0.5) is 0 Å². The number of nitrogens with two attached hydrogens (primary N) is 4. The van der Waals surface area contributed by atoms with Crippen molar-refractivity contribution in [2.45, 2.75) is 247 Å². The Morgan fingerprint density at radius 2 is 1.07 bits per heavy atom. The minimum absolute atomic E-state index is 0.00246. The van der Waals surface area contributed by atoms with Gasteiger partial charge in [0.2, 0.25) is 100 Å². The highest BCUT2D eigenvalue weighted by atomic mass is 32.2. The number of hydrogen-bond acceptors (Lipinski definition) is 23. The Kier molecular flexibility index (Phi) is 40.7. The molecule has 0 unspecified atom stereocenters. The largest absolute Gasteiger partial charge is 0.508 e. The van der Waals surface area contributed by atoms with Crippen LogP contribution < -0.4 is 81.4 Å². The maximum atomic E-state index is 15.9. The second-order valence-corrected chi connectivity index (χ2v) is 36.8. The van der Waals surface area contributed by atoms with Gasteiger partial charge in [-0.15, -0.1) is 11.8 Å². The zero-order chi connectivity index (χ0) is 101. The van der Waals surface area contributed by atoms with Crippen molar-refractivity contribution in [2.24, 2.45) is 28.9 Å². The summed E-state index contributed by atoms with van der Waals surface area (Å²) in [6.45, 7) is 7.22. The van der Waals surface area contributed by atoms with E-state index in [-0.39, 0.29) is 121 Å². The molecule has 0 bridgehead atoms. The number of aliphatic hydroxyl groups is 1. The number of aliphatic hydroxyl groups excluding tert-OH is 1. The molecule has 17 amide bonds. The number of imidazole rings is 1. The molecule has 0 saturated carbocycles. The molecule has 3 fully saturated rings. The summed E-state index contributed by atoms with van der Waals surface area (Å²) in [5.74, 6) is -17.4. The van der Waals surface area contributed by atoms with E-state index in [2.05, 4.69) is 78.4 Å². The monoisotopic (exact) mass is 1940 g/mol. The molecule has 15 atom stereocenters. The number of likely N-dealkylation sites (N-methyl/N-ethyl adjacent to an activating group) is 3. The first-order valence-corrected chi connectivity index (χ1v) is 47.8. The molecule has 44 nitrogen and oxygen atoms in total. The summed E-state index contributed by atoms with van der Waals surface area (Å²) in [4.78, 5) is 271. The third-order valence-corrected chi connectivity index (χ3v) is 25.9. The third kappa shape index (κ3) is 30.4. The summed E-state index contributed by atoms with van der Waals surface area (Å²) < 4.78 is 0. The van der Waals surface area contributed by atoms with E-state index in [0.717, 1.165) is 26.5 Å². The number of nitrogens with one attached hydrogen (secondary N) is 15. The van der Waals surface area contributed by atoms with Crippen molar-refractivity contribution >= 4 is 140 Å². The van der Waals surface area contributed by atoms with Crippen molar-refractivity contribution in [3.63, 3.8) is 0 Å². The number of amides is 17. The lowest BCUT2D eigenvalue weighted by molar-refractivity contribution is -0.149. The SMILES string of the molecule is CCCC[C@H]1C(=O)N(C)[C@@H](CCCC)C(=O)N[C@@H](CCCNC(=N)N)C(=O)N[C@H](C(=O)NCC(N)=O)CSCC(=O)N[C@@H](Cc2ccc(O)cc2)C(=O)N(C)[C@@H](C)C(=O)N[C@@H](CC(N)=O)C(=O)N2CCC[C@H]2C(=O)N[C@@H](Cc2cnc[nH]2)C(=O)N[C@@H](CC(C)C)C(=O)N2C[C@H](O)C[C@H]2C(=O)N[C@@H](Cc2c[nH]c3ccccc23)C(=O)N[C@@H](CCCN)C(=O)N[C@@H](Cc2c[nH]c3ccccc23)C(=O)N1C. The summed E-state index contributed by atoms with van der Waals surface area (Å²) in [6, 6.07) is -1.35. The highest BCUT2D eigenvalue weighted by molar-refractivity contribution is 8.00. The fourth-order valence-corrected chi connectivity index (χ4v) is 18.0. The van der Waals surface area contributed by atoms with E-state index < -0.39 is 228 Å². The number of phenolic OH excluding ortho intramolecular Hbond substituents is 1. The summed E-state index contributed by atoms with van der Waals surface area (Å²) in [6.07, 6.45) is 4.06. The summed E-state index contributed by atoms with van der Waals surface area (Å²) >= 11 is 0.768. The summed E-state index contributed by atoms with van der Waals surface area (Å²) in [5, 5.41) is 60.7. The lowest BCUT2D eigenvalue weighted by Gasteiger charge is -2.36. The molecule has 45 heteroatoms. The highest BCUT2D eigenvalue weighted by Gasteiger charge is 2.47. The van der Waals surface area contributed by atoms with Crippen LogP contribution in [-0.4, -0.2) is 317 Å². The molecule has 3 saturated heterocycles. The number of para-hydroxylation sites is 2. The standard InChI is InChI=1S/C93H133N25O19S/c1-9-11-26-72-85(130)107-64(25-18-34-100-93(97)98)82(127)113-71(80(125)103-46-77(96)122)48-138-49-78(123)105-68(37-53-29-31-57(119)32-30-53)88(133)114(6)52(5)79(124)110-70(42-76(95)121)90(135)117-35-19-28-73(117)86(131)109-66(40-56-45-99-50-104-56)84(129)111-67(36-51(3)4)91(136)118-47-58(120)41-75(118)87(132)108-65(38-54-43-101-61-22-15-13-20-59(54)61)83(128)106-63(24-17-33-94)81(126)112-69(39-55-44-102-62-23-16-14-21-60(55)62)89(134)116(8)74(27-12-10-2)92(137)115(72)7/h13-16,20-23,29-32,43-45,50-52,58,63-75,101-102,119-120H,9-12,17-19,24-28,33-42,46-49,94H2,1-8H3,(H2,95,121)(H2,96,122)(H,99,104)(H,103,125)(H,105,123)(H,106,128)(H,107,130)(H,108,132)(H,109,131)(H,110,124)(H,111,129)(H,112,126)(H,113,127)(H4,97,98,100)/t52-,58+,63-,64-,65-,66-,67-,68-,69-,70-,71-,72-,73-,74-,75-/m0/s1. The number of aromatic hydroxyl groups is 1. The smallest absolute Gasteiger partial charge is 0.246 e. The van der Waals surface area contributed by atoms with Gasteiger partial charge in [-0.25, -0.2) is 4.98 Å². The number of carbonyl (C=O) groups is 17. The van der Waals surface area contributed by atoms with Crippen LogP contribution in [0.2, 0.25) is 0 Å². The predicted molar refractivity (Wildman–Crippen MR) is 511 cm³/mol. The first-order valence-electron chi connectivity index (χ1n) is 46.7. The first kappa shape index (κ1) is 108. The normalized spacial score (nSPS) is 24.5. The molecule has 0 spiro atoms. The molecule has 9 rings (SSSR count). The van der Waals surface area contributed by atoms with Gasteiger partial charge in [-0.3, -0.25) is 86.9 Å². The average molecular weight is 1940 g/mol. The van der Waals surface area contributed by atoms with Gasteiger partial charge < -0.3 is 131 Å². The number of guanidine groups is 1. The summed E-state index contributed by atoms with van der Waals surface area (Å²) in [7, 11) is 3.97. The number of phenols is 1. The van der Waals surface area contributed by atoms with Crippen LogP contribution in [0, 0.1) is 11.3 Å².